The highest BCUT2D eigenvalue weighted by Crippen LogP contribution is 2.21. The predicted molar refractivity (Wildman–Crippen MR) is 92.5 cm³/mol. The zero-order valence-corrected chi connectivity index (χ0v) is 13.5. The molecule has 23 heavy (non-hydrogen) atoms. The fourth-order valence-corrected chi connectivity index (χ4v) is 3.35. The largest absolute Gasteiger partial charge is 0.316 e. The van der Waals surface area contributed by atoms with Crippen LogP contribution in [0.5, 0.6) is 0 Å². The van der Waals surface area contributed by atoms with Gasteiger partial charge in [-0.2, -0.15) is 0 Å². The lowest BCUT2D eigenvalue weighted by molar-refractivity contribution is 0.545. The number of rotatable bonds is 4. The highest BCUT2D eigenvalue weighted by molar-refractivity contribution is 5.71. The number of hydrogen-bond donors (Lipinski definition) is 1. The van der Waals surface area contributed by atoms with Gasteiger partial charge in [0, 0.05) is 12.6 Å². The SMILES string of the molecule is Cc1ccc(Cn2c(CC3CCNC3)nc3cccnc32)cc1. The lowest BCUT2D eigenvalue weighted by atomic mass is 10.0. The van der Waals surface area contributed by atoms with Crippen molar-refractivity contribution in [3.05, 3.63) is 59.5 Å². The summed E-state index contributed by atoms with van der Waals surface area (Å²) in [5, 5.41) is 3.45. The van der Waals surface area contributed by atoms with Crippen LogP contribution in [0, 0.1) is 12.8 Å². The number of pyridine rings is 1. The lowest BCUT2D eigenvalue weighted by Gasteiger charge is -2.12. The van der Waals surface area contributed by atoms with E-state index in [9.17, 15) is 0 Å². The highest BCUT2D eigenvalue weighted by atomic mass is 15.1. The molecule has 2 aromatic heterocycles. The van der Waals surface area contributed by atoms with Crippen molar-refractivity contribution >= 4 is 11.2 Å². The summed E-state index contributed by atoms with van der Waals surface area (Å²) in [4.78, 5) is 9.44. The van der Waals surface area contributed by atoms with Crippen LogP contribution in [0.3, 0.4) is 0 Å². The molecule has 1 saturated heterocycles. The van der Waals surface area contributed by atoms with Crippen LogP contribution in [0.4, 0.5) is 0 Å². The third kappa shape index (κ3) is 2.99. The lowest BCUT2D eigenvalue weighted by Crippen LogP contribution is -2.14. The number of aromatic nitrogens is 3. The zero-order chi connectivity index (χ0) is 15.6. The number of fused-ring (bicyclic) bond motifs is 1. The molecular weight excluding hydrogens is 284 g/mol. The Balaban J connectivity index is 1.71. The second-order valence-electron chi connectivity index (χ2n) is 6.51. The number of hydrogen-bond acceptors (Lipinski definition) is 3. The Labute approximate surface area is 136 Å². The first kappa shape index (κ1) is 14.4. The van der Waals surface area contributed by atoms with Gasteiger partial charge in [-0.15, -0.1) is 0 Å². The van der Waals surface area contributed by atoms with Crippen molar-refractivity contribution < 1.29 is 0 Å². The van der Waals surface area contributed by atoms with Gasteiger partial charge in [-0.05, 0) is 50.0 Å². The predicted octanol–water partition coefficient (Wildman–Crippen LogP) is 2.94. The van der Waals surface area contributed by atoms with Gasteiger partial charge in [0.15, 0.2) is 5.65 Å². The maximum atomic E-state index is 4.86. The van der Waals surface area contributed by atoms with Crippen molar-refractivity contribution in [1.29, 1.82) is 0 Å². The molecule has 118 valence electrons. The van der Waals surface area contributed by atoms with Gasteiger partial charge in [0.1, 0.15) is 11.3 Å². The number of benzene rings is 1. The smallest absolute Gasteiger partial charge is 0.160 e. The van der Waals surface area contributed by atoms with E-state index in [0.717, 1.165) is 43.0 Å². The van der Waals surface area contributed by atoms with E-state index in [2.05, 4.69) is 52.1 Å². The van der Waals surface area contributed by atoms with Crippen molar-refractivity contribution in [2.45, 2.75) is 26.3 Å². The second-order valence-corrected chi connectivity index (χ2v) is 6.51. The van der Waals surface area contributed by atoms with Gasteiger partial charge < -0.3 is 9.88 Å². The van der Waals surface area contributed by atoms with E-state index in [1.807, 2.05) is 12.3 Å². The minimum absolute atomic E-state index is 0.684. The molecule has 0 aliphatic carbocycles. The normalized spacial score (nSPS) is 17.9. The molecule has 4 rings (SSSR count). The van der Waals surface area contributed by atoms with Crippen LogP contribution in [0.15, 0.2) is 42.6 Å². The molecular formula is C19H22N4. The summed E-state index contributed by atoms with van der Waals surface area (Å²) >= 11 is 0. The molecule has 0 bridgehead atoms. The maximum Gasteiger partial charge on any atom is 0.160 e. The Morgan fingerprint density at radius 1 is 1.22 bits per heavy atom. The fourth-order valence-electron chi connectivity index (χ4n) is 3.35. The molecule has 1 N–H and O–H groups in total. The van der Waals surface area contributed by atoms with Gasteiger partial charge in [-0.3, -0.25) is 0 Å². The van der Waals surface area contributed by atoms with Crippen molar-refractivity contribution in [3.63, 3.8) is 0 Å². The molecule has 3 aromatic rings. The van der Waals surface area contributed by atoms with E-state index in [-0.39, 0.29) is 0 Å². The summed E-state index contributed by atoms with van der Waals surface area (Å²) in [6.07, 6.45) is 4.12. The summed E-state index contributed by atoms with van der Waals surface area (Å²) in [6.45, 7) is 5.18. The molecule has 1 atom stereocenters. The molecule has 1 fully saturated rings. The Kier molecular flexibility index (Phi) is 3.83. The zero-order valence-electron chi connectivity index (χ0n) is 13.5. The topological polar surface area (TPSA) is 42.7 Å². The molecule has 0 radical (unpaired) electrons. The third-order valence-electron chi connectivity index (χ3n) is 4.68. The first-order chi connectivity index (χ1) is 11.3. The monoisotopic (exact) mass is 306 g/mol. The van der Waals surface area contributed by atoms with Crippen molar-refractivity contribution in [2.24, 2.45) is 5.92 Å². The van der Waals surface area contributed by atoms with Crippen LogP contribution < -0.4 is 5.32 Å². The van der Waals surface area contributed by atoms with Gasteiger partial charge >= 0.3 is 0 Å². The second kappa shape index (κ2) is 6.13. The van der Waals surface area contributed by atoms with Crippen molar-refractivity contribution in [2.75, 3.05) is 13.1 Å². The highest BCUT2D eigenvalue weighted by Gasteiger charge is 2.20. The molecule has 1 unspecified atom stereocenters. The first-order valence-corrected chi connectivity index (χ1v) is 8.36. The third-order valence-corrected chi connectivity index (χ3v) is 4.68. The van der Waals surface area contributed by atoms with E-state index >= 15 is 0 Å². The standard InChI is InChI=1S/C19H22N4/c1-14-4-6-15(7-5-14)13-23-18(11-16-8-10-20-12-16)22-17-3-2-9-21-19(17)23/h2-7,9,16,20H,8,10-13H2,1H3. The van der Waals surface area contributed by atoms with Crippen LogP contribution in [0.2, 0.25) is 0 Å². The van der Waals surface area contributed by atoms with E-state index in [1.54, 1.807) is 0 Å². The quantitative estimate of drug-likeness (QED) is 0.806. The van der Waals surface area contributed by atoms with Gasteiger partial charge in [0.25, 0.3) is 0 Å². The Morgan fingerprint density at radius 3 is 2.87 bits per heavy atom. The van der Waals surface area contributed by atoms with Gasteiger partial charge in [-0.1, -0.05) is 29.8 Å². The average molecular weight is 306 g/mol. The van der Waals surface area contributed by atoms with Crippen LogP contribution in [-0.4, -0.2) is 27.6 Å². The van der Waals surface area contributed by atoms with Crippen LogP contribution in [-0.2, 0) is 13.0 Å². The minimum atomic E-state index is 0.684. The van der Waals surface area contributed by atoms with Gasteiger partial charge in [0.05, 0.1) is 6.54 Å². The van der Waals surface area contributed by atoms with E-state index in [1.165, 1.54) is 17.5 Å². The number of nitrogens with one attached hydrogen (secondary N) is 1. The summed E-state index contributed by atoms with van der Waals surface area (Å²) in [5.41, 5.74) is 4.58. The van der Waals surface area contributed by atoms with Gasteiger partial charge in [-0.25, -0.2) is 9.97 Å². The molecule has 0 amide bonds. The molecule has 4 nitrogen and oxygen atoms in total. The van der Waals surface area contributed by atoms with Gasteiger partial charge in [0.2, 0.25) is 0 Å². The molecule has 1 aliphatic rings. The number of imidazole rings is 1. The average Bonchev–Trinajstić information content (AvgIpc) is 3.19. The summed E-state index contributed by atoms with van der Waals surface area (Å²) in [6, 6.07) is 12.8. The first-order valence-electron chi connectivity index (χ1n) is 8.36. The van der Waals surface area contributed by atoms with Crippen LogP contribution in [0.25, 0.3) is 11.2 Å². The molecule has 0 saturated carbocycles. The van der Waals surface area contributed by atoms with E-state index < -0.39 is 0 Å². The molecule has 3 heterocycles. The summed E-state index contributed by atoms with van der Waals surface area (Å²) in [5.74, 6) is 1.84. The fraction of sp³-hybridized carbons (Fsp3) is 0.368. The summed E-state index contributed by atoms with van der Waals surface area (Å²) in [7, 11) is 0. The Morgan fingerprint density at radius 2 is 2.09 bits per heavy atom. The number of aryl methyl sites for hydroxylation is 1. The molecule has 4 heteroatoms. The Bertz CT molecular complexity index is 798. The van der Waals surface area contributed by atoms with Crippen LogP contribution >= 0.6 is 0 Å². The van der Waals surface area contributed by atoms with Crippen molar-refractivity contribution in [3.8, 4) is 0 Å². The van der Waals surface area contributed by atoms with E-state index in [0.29, 0.717) is 5.92 Å². The minimum Gasteiger partial charge on any atom is -0.316 e. The summed E-state index contributed by atoms with van der Waals surface area (Å²) < 4.78 is 2.29. The molecule has 1 aliphatic heterocycles. The Hall–Kier alpha value is -2.20. The van der Waals surface area contributed by atoms with Crippen molar-refractivity contribution in [1.82, 2.24) is 19.9 Å². The molecule has 1 aromatic carbocycles. The maximum absolute atomic E-state index is 4.86. The van der Waals surface area contributed by atoms with E-state index in [4.69, 9.17) is 4.98 Å². The molecule has 0 spiro atoms. The van der Waals surface area contributed by atoms with Crippen LogP contribution in [0.1, 0.15) is 23.4 Å². The number of nitrogens with zero attached hydrogens (tertiary/aromatic N) is 3.